The summed E-state index contributed by atoms with van der Waals surface area (Å²) >= 11 is 0. The Labute approximate surface area is 142 Å². The molecule has 1 atom stereocenters. The normalized spacial score (nSPS) is 17.2. The molecule has 4 heteroatoms. The number of rotatable bonds is 4. The Morgan fingerprint density at radius 3 is 2.75 bits per heavy atom. The quantitative estimate of drug-likeness (QED) is 0.936. The van der Waals surface area contributed by atoms with Gasteiger partial charge in [-0.1, -0.05) is 31.2 Å². The SMILES string of the molecule is CCc1cccc(N2C[C@@H](C(=O)Nc3cccc(C)c3)CC2=O)c1. The van der Waals surface area contributed by atoms with E-state index in [1.807, 2.05) is 55.5 Å². The molecule has 24 heavy (non-hydrogen) atoms. The van der Waals surface area contributed by atoms with Gasteiger partial charge in [0, 0.05) is 24.3 Å². The van der Waals surface area contributed by atoms with Crippen molar-refractivity contribution in [2.45, 2.75) is 26.7 Å². The van der Waals surface area contributed by atoms with Gasteiger partial charge in [0.05, 0.1) is 5.92 Å². The van der Waals surface area contributed by atoms with Gasteiger partial charge in [0.15, 0.2) is 0 Å². The first-order chi connectivity index (χ1) is 11.6. The highest BCUT2D eigenvalue weighted by molar-refractivity contribution is 6.03. The van der Waals surface area contributed by atoms with Crippen LogP contribution in [-0.2, 0) is 16.0 Å². The van der Waals surface area contributed by atoms with Crippen LogP contribution in [0.5, 0.6) is 0 Å². The van der Waals surface area contributed by atoms with E-state index in [1.165, 1.54) is 5.56 Å². The summed E-state index contributed by atoms with van der Waals surface area (Å²) < 4.78 is 0. The molecule has 0 aliphatic carbocycles. The van der Waals surface area contributed by atoms with Gasteiger partial charge in [-0.3, -0.25) is 9.59 Å². The molecule has 0 aromatic heterocycles. The topological polar surface area (TPSA) is 49.4 Å². The van der Waals surface area contributed by atoms with E-state index in [2.05, 4.69) is 12.2 Å². The number of nitrogens with zero attached hydrogens (tertiary/aromatic N) is 1. The summed E-state index contributed by atoms with van der Waals surface area (Å²) in [6.07, 6.45) is 1.18. The van der Waals surface area contributed by atoms with Crippen molar-refractivity contribution in [2.24, 2.45) is 5.92 Å². The zero-order valence-electron chi connectivity index (χ0n) is 14.1. The highest BCUT2D eigenvalue weighted by Gasteiger charge is 2.35. The number of amides is 2. The van der Waals surface area contributed by atoms with Crippen LogP contribution in [0.15, 0.2) is 48.5 Å². The molecule has 0 unspecified atom stereocenters. The average Bonchev–Trinajstić information content (AvgIpc) is 2.97. The molecule has 1 heterocycles. The van der Waals surface area contributed by atoms with Gasteiger partial charge in [-0.05, 0) is 48.7 Å². The molecule has 1 aliphatic heterocycles. The summed E-state index contributed by atoms with van der Waals surface area (Å²) in [5.74, 6) is -0.404. The van der Waals surface area contributed by atoms with E-state index in [1.54, 1.807) is 4.90 Å². The molecule has 2 aromatic carbocycles. The third-order valence-electron chi connectivity index (χ3n) is 4.41. The van der Waals surface area contributed by atoms with Crippen molar-refractivity contribution in [1.29, 1.82) is 0 Å². The van der Waals surface area contributed by atoms with Crippen molar-refractivity contribution in [3.8, 4) is 0 Å². The fourth-order valence-electron chi connectivity index (χ4n) is 3.04. The fraction of sp³-hybridized carbons (Fsp3) is 0.300. The van der Waals surface area contributed by atoms with Crippen LogP contribution >= 0.6 is 0 Å². The smallest absolute Gasteiger partial charge is 0.229 e. The number of hydrogen-bond acceptors (Lipinski definition) is 2. The maximum absolute atomic E-state index is 12.5. The molecular weight excluding hydrogens is 300 g/mol. The molecule has 3 rings (SSSR count). The Morgan fingerprint density at radius 1 is 1.21 bits per heavy atom. The Bertz CT molecular complexity index is 770. The summed E-state index contributed by atoms with van der Waals surface area (Å²) in [5, 5.41) is 2.92. The van der Waals surface area contributed by atoms with Crippen LogP contribution in [0.4, 0.5) is 11.4 Å². The largest absolute Gasteiger partial charge is 0.326 e. The number of hydrogen-bond donors (Lipinski definition) is 1. The van der Waals surface area contributed by atoms with E-state index in [0.717, 1.165) is 23.4 Å². The molecule has 1 saturated heterocycles. The molecule has 2 amide bonds. The zero-order chi connectivity index (χ0) is 17.1. The molecular formula is C20H22N2O2. The second-order valence-electron chi connectivity index (χ2n) is 6.29. The maximum Gasteiger partial charge on any atom is 0.229 e. The lowest BCUT2D eigenvalue weighted by molar-refractivity contribution is -0.122. The van der Waals surface area contributed by atoms with Gasteiger partial charge in [0.2, 0.25) is 11.8 Å². The fourth-order valence-corrected chi connectivity index (χ4v) is 3.04. The van der Waals surface area contributed by atoms with Crippen LogP contribution in [0.2, 0.25) is 0 Å². The van der Waals surface area contributed by atoms with E-state index >= 15 is 0 Å². The Kier molecular flexibility index (Phi) is 4.65. The molecule has 1 N–H and O–H groups in total. The van der Waals surface area contributed by atoms with E-state index in [9.17, 15) is 9.59 Å². The molecule has 1 aliphatic rings. The monoisotopic (exact) mass is 322 g/mol. The molecule has 1 fully saturated rings. The molecule has 0 spiro atoms. The van der Waals surface area contributed by atoms with Crippen molar-refractivity contribution in [1.82, 2.24) is 0 Å². The predicted molar refractivity (Wildman–Crippen MR) is 96.1 cm³/mol. The van der Waals surface area contributed by atoms with Crippen LogP contribution in [0.3, 0.4) is 0 Å². The highest BCUT2D eigenvalue weighted by atomic mass is 16.2. The first-order valence-corrected chi connectivity index (χ1v) is 8.33. The first-order valence-electron chi connectivity index (χ1n) is 8.33. The van der Waals surface area contributed by atoms with Gasteiger partial charge in [-0.15, -0.1) is 0 Å². The summed E-state index contributed by atoms with van der Waals surface area (Å²) in [6, 6.07) is 15.6. The number of anilines is 2. The second kappa shape index (κ2) is 6.87. The first kappa shape index (κ1) is 16.2. The number of carbonyl (C=O) groups excluding carboxylic acids is 2. The summed E-state index contributed by atoms with van der Waals surface area (Å²) in [7, 11) is 0. The van der Waals surface area contributed by atoms with Crippen molar-refractivity contribution in [3.05, 3.63) is 59.7 Å². The van der Waals surface area contributed by atoms with Crippen molar-refractivity contribution >= 4 is 23.2 Å². The molecule has 0 saturated carbocycles. The van der Waals surface area contributed by atoms with E-state index in [-0.39, 0.29) is 24.2 Å². The Morgan fingerprint density at radius 2 is 2.00 bits per heavy atom. The van der Waals surface area contributed by atoms with Gasteiger partial charge in [-0.25, -0.2) is 0 Å². The molecule has 124 valence electrons. The third kappa shape index (κ3) is 3.48. The summed E-state index contributed by atoms with van der Waals surface area (Å²) in [5.41, 5.74) is 3.94. The lowest BCUT2D eigenvalue weighted by Crippen LogP contribution is -2.28. The lowest BCUT2D eigenvalue weighted by Gasteiger charge is -2.17. The van der Waals surface area contributed by atoms with Gasteiger partial charge in [-0.2, -0.15) is 0 Å². The molecule has 0 radical (unpaired) electrons. The molecule has 4 nitrogen and oxygen atoms in total. The Balaban J connectivity index is 1.70. The van der Waals surface area contributed by atoms with E-state index < -0.39 is 0 Å². The van der Waals surface area contributed by atoms with Gasteiger partial charge >= 0.3 is 0 Å². The van der Waals surface area contributed by atoms with Crippen LogP contribution in [-0.4, -0.2) is 18.4 Å². The zero-order valence-corrected chi connectivity index (χ0v) is 14.1. The van der Waals surface area contributed by atoms with Crippen LogP contribution < -0.4 is 10.2 Å². The van der Waals surface area contributed by atoms with E-state index in [4.69, 9.17) is 0 Å². The van der Waals surface area contributed by atoms with Crippen molar-refractivity contribution in [2.75, 3.05) is 16.8 Å². The minimum absolute atomic E-state index is 0.00708. The maximum atomic E-state index is 12.5. The van der Waals surface area contributed by atoms with Gasteiger partial charge < -0.3 is 10.2 Å². The minimum atomic E-state index is -0.316. The Hall–Kier alpha value is -2.62. The van der Waals surface area contributed by atoms with Crippen molar-refractivity contribution < 1.29 is 9.59 Å². The number of benzene rings is 2. The van der Waals surface area contributed by atoms with Gasteiger partial charge in [0.25, 0.3) is 0 Å². The van der Waals surface area contributed by atoms with Crippen molar-refractivity contribution in [3.63, 3.8) is 0 Å². The summed E-state index contributed by atoms with van der Waals surface area (Å²) in [4.78, 5) is 26.5. The molecule has 0 bridgehead atoms. The number of aryl methyl sites for hydroxylation is 2. The van der Waals surface area contributed by atoms with Crippen LogP contribution in [0, 0.1) is 12.8 Å². The van der Waals surface area contributed by atoms with Gasteiger partial charge in [0.1, 0.15) is 0 Å². The average molecular weight is 322 g/mol. The molecule has 2 aromatic rings. The van der Waals surface area contributed by atoms with Crippen LogP contribution in [0.25, 0.3) is 0 Å². The number of carbonyl (C=O) groups is 2. The second-order valence-corrected chi connectivity index (χ2v) is 6.29. The highest BCUT2D eigenvalue weighted by Crippen LogP contribution is 2.27. The summed E-state index contributed by atoms with van der Waals surface area (Å²) in [6.45, 7) is 4.50. The van der Waals surface area contributed by atoms with Crippen LogP contribution in [0.1, 0.15) is 24.5 Å². The standard InChI is InChI=1S/C20H22N2O2/c1-3-15-7-5-9-18(11-15)22-13-16(12-19(22)23)20(24)21-17-8-4-6-14(2)10-17/h4-11,16H,3,12-13H2,1-2H3,(H,21,24)/t16-/m0/s1. The van der Waals surface area contributed by atoms with E-state index in [0.29, 0.717) is 6.54 Å². The lowest BCUT2D eigenvalue weighted by atomic mass is 10.1. The third-order valence-corrected chi connectivity index (χ3v) is 4.41. The minimum Gasteiger partial charge on any atom is -0.326 e. The number of nitrogens with one attached hydrogen (secondary N) is 1. The predicted octanol–water partition coefficient (Wildman–Crippen LogP) is 3.55.